The highest BCUT2D eigenvalue weighted by Gasteiger charge is 2.28. The standard InChI is InChI=1S/C11H14BrNO3S/c1-11(2,10(15)16)13-9(14)4-3-8-5-7(12)6-17-8/h5-6H,3-4H2,1-2H3,(H,13,14)(H,15,16). The fourth-order valence-electron chi connectivity index (χ4n) is 1.19. The molecule has 0 aliphatic rings. The minimum Gasteiger partial charge on any atom is -0.480 e. The number of carbonyl (C=O) groups excluding carboxylic acids is 1. The van der Waals surface area contributed by atoms with Gasteiger partial charge in [-0.15, -0.1) is 11.3 Å². The monoisotopic (exact) mass is 319 g/mol. The quantitative estimate of drug-likeness (QED) is 0.876. The van der Waals surface area contributed by atoms with E-state index in [0.717, 1.165) is 9.35 Å². The number of nitrogens with one attached hydrogen (secondary N) is 1. The third kappa shape index (κ3) is 4.47. The molecule has 0 bridgehead atoms. The van der Waals surface area contributed by atoms with Gasteiger partial charge in [-0.1, -0.05) is 0 Å². The summed E-state index contributed by atoms with van der Waals surface area (Å²) < 4.78 is 1.00. The zero-order chi connectivity index (χ0) is 13.1. The van der Waals surface area contributed by atoms with E-state index in [1.54, 1.807) is 11.3 Å². The Bertz CT molecular complexity index is 428. The van der Waals surface area contributed by atoms with Crippen molar-refractivity contribution in [2.45, 2.75) is 32.2 Å². The number of carboxylic acid groups (broad SMARTS) is 1. The van der Waals surface area contributed by atoms with E-state index in [1.165, 1.54) is 13.8 Å². The lowest BCUT2D eigenvalue weighted by atomic mass is 10.1. The normalized spacial score (nSPS) is 11.2. The van der Waals surface area contributed by atoms with Crippen LogP contribution in [0.15, 0.2) is 15.9 Å². The highest BCUT2D eigenvalue weighted by atomic mass is 79.9. The van der Waals surface area contributed by atoms with Gasteiger partial charge < -0.3 is 10.4 Å². The number of hydrogen-bond donors (Lipinski definition) is 2. The van der Waals surface area contributed by atoms with E-state index >= 15 is 0 Å². The van der Waals surface area contributed by atoms with Gasteiger partial charge in [-0.25, -0.2) is 4.79 Å². The molecule has 1 heterocycles. The van der Waals surface area contributed by atoms with Crippen LogP contribution in [0.25, 0.3) is 0 Å². The molecule has 1 aromatic heterocycles. The number of aliphatic carboxylic acids is 1. The number of carboxylic acids is 1. The highest BCUT2D eigenvalue weighted by Crippen LogP contribution is 2.20. The number of hydrogen-bond acceptors (Lipinski definition) is 3. The Morgan fingerprint density at radius 3 is 2.65 bits per heavy atom. The Labute approximate surface area is 112 Å². The van der Waals surface area contributed by atoms with E-state index in [-0.39, 0.29) is 5.91 Å². The first-order valence-electron chi connectivity index (χ1n) is 5.08. The summed E-state index contributed by atoms with van der Waals surface area (Å²) in [7, 11) is 0. The van der Waals surface area contributed by atoms with Crippen molar-refractivity contribution in [3.8, 4) is 0 Å². The van der Waals surface area contributed by atoms with Crippen molar-refractivity contribution < 1.29 is 14.7 Å². The molecule has 4 nitrogen and oxygen atoms in total. The average molecular weight is 320 g/mol. The second kappa shape index (κ2) is 5.64. The fourth-order valence-corrected chi connectivity index (χ4v) is 2.64. The predicted octanol–water partition coefficient (Wildman–Crippen LogP) is 2.42. The molecule has 0 atom stereocenters. The van der Waals surface area contributed by atoms with Gasteiger partial charge in [0.05, 0.1) is 0 Å². The SMILES string of the molecule is CC(C)(NC(=O)CCc1cc(Br)cs1)C(=O)O. The molecule has 2 N–H and O–H groups in total. The Kier molecular flexibility index (Phi) is 4.70. The maximum Gasteiger partial charge on any atom is 0.328 e. The Morgan fingerprint density at radius 1 is 1.53 bits per heavy atom. The maximum absolute atomic E-state index is 11.6. The second-order valence-corrected chi connectivity index (χ2v) is 6.12. The van der Waals surface area contributed by atoms with Crippen LogP contribution < -0.4 is 5.32 Å². The molecule has 0 spiro atoms. The van der Waals surface area contributed by atoms with Gasteiger partial charge in [0.1, 0.15) is 5.54 Å². The molecule has 1 aromatic rings. The molecule has 0 unspecified atom stereocenters. The van der Waals surface area contributed by atoms with Crippen LogP contribution in [0.4, 0.5) is 0 Å². The molecule has 1 rings (SSSR count). The molecular formula is C11H14BrNO3S. The first kappa shape index (κ1) is 14.2. The molecule has 6 heteroatoms. The zero-order valence-corrected chi connectivity index (χ0v) is 12.0. The van der Waals surface area contributed by atoms with Gasteiger partial charge in [-0.3, -0.25) is 4.79 Å². The molecule has 0 aromatic carbocycles. The van der Waals surface area contributed by atoms with Crippen molar-refractivity contribution in [3.05, 3.63) is 20.8 Å². The van der Waals surface area contributed by atoms with Crippen LogP contribution in [0.1, 0.15) is 25.1 Å². The molecule has 0 aliphatic carbocycles. The molecule has 94 valence electrons. The lowest BCUT2D eigenvalue weighted by Crippen LogP contribution is -2.49. The minimum absolute atomic E-state index is 0.248. The van der Waals surface area contributed by atoms with Crippen molar-refractivity contribution in [3.63, 3.8) is 0 Å². The van der Waals surface area contributed by atoms with Crippen molar-refractivity contribution in [1.82, 2.24) is 5.32 Å². The number of thiophene rings is 1. The first-order valence-corrected chi connectivity index (χ1v) is 6.76. The largest absolute Gasteiger partial charge is 0.480 e. The highest BCUT2D eigenvalue weighted by molar-refractivity contribution is 9.10. The Hall–Kier alpha value is -0.880. The summed E-state index contributed by atoms with van der Waals surface area (Å²) in [5, 5.41) is 13.3. The molecule has 0 saturated carbocycles. The van der Waals surface area contributed by atoms with Gasteiger partial charge in [0.2, 0.25) is 5.91 Å². The van der Waals surface area contributed by atoms with E-state index in [2.05, 4.69) is 21.2 Å². The number of halogens is 1. The fraction of sp³-hybridized carbons (Fsp3) is 0.455. The lowest BCUT2D eigenvalue weighted by molar-refractivity contribution is -0.146. The van der Waals surface area contributed by atoms with E-state index in [1.807, 2.05) is 11.4 Å². The third-order valence-corrected chi connectivity index (χ3v) is 3.96. The zero-order valence-electron chi connectivity index (χ0n) is 9.62. The molecule has 0 radical (unpaired) electrons. The second-order valence-electron chi connectivity index (χ2n) is 4.21. The van der Waals surface area contributed by atoms with Gasteiger partial charge >= 0.3 is 5.97 Å². The van der Waals surface area contributed by atoms with Crippen LogP contribution in [0.2, 0.25) is 0 Å². The number of amides is 1. The molecule has 17 heavy (non-hydrogen) atoms. The van der Waals surface area contributed by atoms with E-state index in [0.29, 0.717) is 12.8 Å². The summed E-state index contributed by atoms with van der Waals surface area (Å²) in [6.07, 6.45) is 0.918. The van der Waals surface area contributed by atoms with Gasteiger partial charge in [0, 0.05) is 21.2 Å². The lowest BCUT2D eigenvalue weighted by Gasteiger charge is -2.20. The predicted molar refractivity (Wildman–Crippen MR) is 70.2 cm³/mol. The maximum atomic E-state index is 11.6. The van der Waals surface area contributed by atoms with Crippen LogP contribution in [0, 0.1) is 0 Å². The van der Waals surface area contributed by atoms with Crippen LogP contribution in [0.5, 0.6) is 0 Å². The van der Waals surface area contributed by atoms with Crippen LogP contribution in [-0.4, -0.2) is 22.5 Å². The molecular weight excluding hydrogens is 306 g/mol. The van der Waals surface area contributed by atoms with E-state index in [4.69, 9.17) is 5.11 Å². The summed E-state index contributed by atoms with van der Waals surface area (Å²) in [6, 6.07) is 1.96. The van der Waals surface area contributed by atoms with Crippen LogP contribution in [0.3, 0.4) is 0 Å². The first-order chi connectivity index (χ1) is 7.81. The molecule has 1 amide bonds. The number of aryl methyl sites for hydroxylation is 1. The third-order valence-electron chi connectivity index (χ3n) is 2.21. The van der Waals surface area contributed by atoms with Gasteiger partial charge in [0.15, 0.2) is 0 Å². The van der Waals surface area contributed by atoms with Crippen LogP contribution in [-0.2, 0) is 16.0 Å². The van der Waals surface area contributed by atoms with Gasteiger partial charge in [-0.2, -0.15) is 0 Å². The smallest absolute Gasteiger partial charge is 0.328 e. The Morgan fingerprint density at radius 2 is 2.18 bits per heavy atom. The molecule has 0 aliphatic heterocycles. The molecule has 0 saturated heterocycles. The van der Waals surface area contributed by atoms with Crippen molar-refractivity contribution in [1.29, 1.82) is 0 Å². The summed E-state index contributed by atoms with van der Waals surface area (Å²) >= 11 is 4.91. The van der Waals surface area contributed by atoms with E-state index in [9.17, 15) is 9.59 Å². The van der Waals surface area contributed by atoms with Crippen molar-refractivity contribution in [2.24, 2.45) is 0 Å². The summed E-state index contributed by atoms with van der Waals surface area (Å²) in [4.78, 5) is 23.5. The molecule has 0 fully saturated rings. The summed E-state index contributed by atoms with van der Waals surface area (Å²) in [6.45, 7) is 2.93. The minimum atomic E-state index is -1.22. The van der Waals surface area contributed by atoms with Gasteiger partial charge in [0.25, 0.3) is 0 Å². The number of carbonyl (C=O) groups is 2. The van der Waals surface area contributed by atoms with Crippen molar-refractivity contribution >= 4 is 39.1 Å². The van der Waals surface area contributed by atoms with E-state index < -0.39 is 11.5 Å². The van der Waals surface area contributed by atoms with Gasteiger partial charge in [-0.05, 0) is 42.3 Å². The van der Waals surface area contributed by atoms with Crippen molar-refractivity contribution in [2.75, 3.05) is 0 Å². The summed E-state index contributed by atoms with van der Waals surface area (Å²) in [5.41, 5.74) is -1.22. The summed E-state index contributed by atoms with van der Waals surface area (Å²) in [5.74, 6) is -1.29. The Balaban J connectivity index is 2.43. The van der Waals surface area contributed by atoms with Crippen LogP contribution >= 0.6 is 27.3 Å². The average Bonchev–Trinajstić information content (AvgIpc) is 2.60. The topological polar surface area (TPSA) is 66.4 Å². The number of rotatable bonds is 5.